The van der Waals surface area contributed by atoms with Gasteiger partial charge in [-0.1, -0.05) is 12.1 Å². The maximum atomic E-state index is 5.33. The summed E-state index contributed by atoms with van der Waals surface area (Å²) in [5, 5.41) is 5.59. The number of oxazole rings is 1. The third-order valence-electron chi connectivity index (χ3n) is 3.00. The summed E-state index contributed by atoms with van der Waals surface area (Å²) in [6.07, 6.45) is 3.17. The van der Waals surface area contributed by atoms with Crippen LogP contribution in [0, 0.1) is 0 Å². The van der Waals surface area contributed by atoms with E-state index in [9.17, 15) is 0 Å². The predicted octanol–water partition coefficient (Wildman–Crippen LogP) is 5.34. The minimum absolute atomic E-state index is 0.245. The van der Waals surface area contributed by atoms with Crippen molar-refractivity contribution in [3.05, 3.63) is 57.7 Å². The molecule has 0 spiro atoms. The van der Waals surface area contributed by atoms with E-state index in [0.717, 1.165) is 21.5 Å². The Morgan fingerprint density at radius 2 is 2.25 bits per heavy atom. The monoisotopic (exact) mass is 348 g/mol. The van der Waals surface area contributed by atoms with E-state index in [-0.39, 0.29) is 6.04 Å². The summed E-state index contributed by atoms with van der Waals surface area (Å²) in [6, 6.07) is 10.5. The maximum Gasteiger partial charge on any atom is 0.181 e. The van der Waals surface area contributed by atoms with E-state index < -0.39 is 0 Å². The minimum atomic E-state index is 0.245. The molecule has 0 aliphatic rings. The van der Waals surface area contributed by atoms with Gasteiger partial charge in [0.05, 0.1) is 12.2 Å². The highest BCUT2D eigenvalue weighted by Gasteiger charge is 2.11. The zero-order valence-corrected chi connectivity index (χ0v) is 13.2. The molecule has 5 heteroatoms. The van der Waals surface area contributed by atoms with E-state index in [4.69, 9.17) is 4.42 Å². The van der Waals surface area contributed by atoms with Gasteiger partial charge >= 0.3 is 0 Å². The lowest BCUT2D eigenvalue weighted by Crippen LogP contribution is -2.05. The van der Waals surface area contributed by atoms with Crippen LogP contribution in [0.4, 0.5) is 5.69 Å². The van der Waals surface area contributed by atoms with E-state index in [1.54, 1.807) is 17.5 Å². The number of benzene rings is 1. The first-order valence-electron chi connectivity index (χ1n) is 6.22. The molecule has 2 heterocycles. The molecule has 1 atom stereocenters. The molecule has 3 rings (SSSR count). The van der Waals surface area contributed by atoms with Gasteiger partial charge in [-0.15, -0.1) is 11.3 Å². The van der Waals surface area contributed by atoms with Crippen molar-refractivity contribution in [2.75, 3.05) is 5.32 Å². The van der Waals surface area contributed by atoms with Crippen LogP contribution >= 0.6 is 27.3 Å². The molecule has 1 aromatic carbocycles. The summed E-state index contributed by atoms with van der Waals surface area (Å²) < 4.78 is 6.47. The van der Waals surface area contributed by atoms with Crippen LogP contribution in [0.2, 0.25) is 0 Å². The van der Waals surface area contributed by atoms with Crippen molar-refractivity contribution in [1.82, 2.24) is 4.98 Å². The predicted molar refractivity (Wildman–Crippen MR) is 86.0 cm³/mol. The smallest absolute Gasteiger partial charge is 0.181 e. The highest BCUT2D eigenvalue weighted by atomic mass is 79.9. The summed E-state index contributed by atoms with van der Waals surface area (Å²) in [7, 11) is 0. The molecule has 0 saturated carbocycles. The van der Waals surface area contributed by atoms with Gasteiger partial charge in [-0.2, -0.15) is 0 Å². The lowest BCUT2D eigenvalue weighted by atomic mass is 10.1. The van der Waals surface area contributed by atoms with Gasteiger partial charge in [0, 0.05) is 20.6 Å². The summed E-state index contributed by atoms with van der Waals surface area (Å²) in [6.45, 7) is 2.15. The van der Waals surface area contributed by atoms with Crippen LogP contribution in [-0.2, 0) is 0 Å². The molecular formula is C15H13BrN2OS. The van der Waals surface area contributed by atoms with Gasteiger partial charge in [-0.3, -0.25) is 0 Å². The minimum Gasteiger partial charge on any atom is -0.444 e. The van der Waals surface area contributed by atoms with Crippen molar-refractivity contribution in [3.63, 3.8) is 0 Å². The largest absolute Gasteiger partial charge is 0.444 e. The second-order valence-electron chi connectivity index (χ2n) is 4.45. The van der Waals surface area contributed by atoms with E-state index in [1.165, 1.54) is 11.3 Å². The summed E-state index contributed by atoms with van der Waals surface area (Å²) in [4.78, 5) is 5.24. The van der Waals surface area contributed by atoms with Crippen molar-refractivity contribution >= 4 is 33.0 Å². The molecule has 0 aliphatic heterocycles. The van der Waals surface area contributed by atoms with Crippen LogP contribution in [0.3, 0.4) is 0 Å². The van der Waals surface area contributed by atoms with Crippen LogP contribution in [0.5, 0.6) is 0 Å². The molecule has 3 aromatic rings. The molecule has 0 fully saturated rings. The zero-order chi connectivity index (χ0) is 13.9. The Hall–Kier alpha value is -1.59. The van der Waals surface area contributed by atoms with Crippen LogP contribution in [0.25, 0.3) is 11.3 Å². The zero-order valence-electron chi connectivity index (χ0n) is 10.8. The first kappa shape index (κ1) is 13.4. The Morgan fingerprint density at radius 3 is 2.95 bits per heavy atom. The molecule has 0 bridgehead atoms. The standard InChI is InChI=1S/C15H13BrN2OS/c1-10(15-13(16)5-6-20-15)18-12-4-2-3-11(7-12)14-8-17-9-19-14/h2-10,18H,1H3. The van der Waals surface area contributed by atoms with Gasteiger partial charge in [0.25, 0.3) is 0 Å². The Balaban J connectivity index is 1.81. The van der Waals surface area contributed by atoms with Gasteiger partial charge in [-0.25, -0.2) is 4.98 Å². The Morgan fingerprint density at radius 1 is 1.35 bits per heavy atom. The lowest BCUT2D eigenvalue weighted by Gasteiger charge is -2.15. The molecule has 0 radical (unpaired) electrons. The van der Waals surface area contributed by atoms with E-state index in [0.29, 0.717) is 0 Å². The lowest BCUT2D eigenvalue weighted by molar-refractivity contribution is 0.572. The third kappa shape index (κ3) is 2.78. The number of aromatic nitrogens is 1. The van der Waals surface area contributed by atoms with Gasteiger partial charge in [-0.05, 0) is 46.4 Å². The Labute approximate surface area is 129 Å². The van der Waals surface area contributed by atoms with E-state index >= 15 is 0 Å². The van der Waals surface area contributed by atoms with Gasteiger partial charge in [0.2, 0.25) is 0 Å². The number of rotatable bonds is 4. The summed E-state index contributed by atoms with van der Waals surface area (Å²) >= 11 is 5.31. The Bertz CT molecular complexity index is 693. The molecule has 0 saturated heterocycles. The molecular weight excluding hydrogens is 336 g/mol. The highest BCUT2D eigenvalue weighted by Crippen LogP contribution is 2.31. The fourth-order valence-corrected chi connectivity index (χ4v) is 3.78. The Kier molecular flexibility index (Phi) is 3.89. The quantitative estimate of drug-likeness (QED) is 0.691. The average molecular weight is 349 g/mol. The first-order chi connectivity index (χ1) is 9.74. The molecule has 20 heavy (non-hydrogen) atoms. The molecule has 2 aromatic heterocycles. The fraction of sp³-hybridized carbons (Fsp3) is 0.133. The summed E-state index contributed by atoms with van der Waals surface area (Å²) in [5.74, 6) is 0.776. The molecule has 102 valence electrons. The number of hydrogen-bond acceptors (Lipinski definition) is 4. The number of thiophene rings is 1. The molecule has 1 unspecified atom stereocenters. The van der Waals surface area contributed by atoms with E-state index in [2.05, 4.69) is 56.7 Å². The second kappa shape index (κ2) is 5.81. The van der Waals surface area contributed by atoms with Crippen molar-refractivity contribution in [1.29, 1.82) is 0 Å². The van der Waals surface area contributed by atoms with Gasteiger partial charge < -0.3 is 9.73 Å². The number of hydrogen-bond donors (Lipinski definition) is 1. The number of nitrogens with zero attached hydrogens (tertiary/aromatic N) is 1. The molecule has 1 N–H and O–H groups in total. The third-order valence-corrected chi connectivity index (χ3v) is 5.05. The van der Waals surface area contributed by atoms with Crippen LogP contribution in [0.1, 0.15) is 17.8 Å². The van der Waals surface area contributed by atoms with Crippen LogP contribution in [-0.4, -0.2) is 4.98 Å². The van der Waals surface area contributed by atoms with Crippen molar-refractivity contribution in [2.24, 2.45) is 0 Å². The first-order valence-corrected chi connectivity index (χ1v) is 7.89. The molecule has 0 aliphatic carbocycles. The molecule has 3 nitrogen and oxygen atoms in total. The maximum absolute atomic E-state index is 5.33. The highest BCUT2D eigenvalue weighted by molar-refractivity contribution is 9.10. The number of halogens is 1. The SMILES string of the molecule is CC(Nc1cccc(-c2cnco2)c1)c1sccc1Br. The fourth-order valence-electron chi connectivity index (χ4n) is 2.05. The summed E-state index contributed by atoms with van der Waals surface area (Å²) in [5.41, 5.74) is 2.08. The number of anilines is 1. The van der Waals surface area contributed by atoms with Crippen LogP contribution in [0.15, 0.2) is 57.2 Å². The van der Waals surface area contributed by atoms with E-state index in [1.807, 2.05) is 12.1 Å². The molecule has 0 amide bonds. The normalized spacial score (nSPS) is 12.3. The number of nitrogens with one attached hydrogen (secondary N) is 1. The van der Waals surface area contributed by atoms with Crippen molar-refractivity contribution in [3.8, 4) is 11.3 Å². The van der Waals surface area contributed by atoms with Crippen molar-refractivity contribution in [2.45, 2.75) is 13.0 Å². The van der Waals surface area contributed by atoms with Gasteiger partial charge in [0.1, 0.15) is 0 Å². The average Bonchev–Trinajstić information content (AvgIpc) is 3.09. The van der Waals surface area contributed by atoms with Crippen molar-refractivity contribution < 1.29 is 4.42 Å². The topological polar surface area (TPSA) is 38.1 Å². The van der Waals surface area contributed by atoms with Crippen LogP contribution < -0.4 is 5.32 Å². The van der Waals surface area contributed by atoms with Gasteiger partial charge in [0.15, 0.2) is 12.2 Å². The second-order valence-corrected chi connectivity index (χ2v) is 6.25.